The van der Waals surface area contributed by atoms with Crippen LogP contribution in [-0.4, -0.2) is 45.5 Å². The molecule has 0 saturated heterocycles. The van der Waals surface area contributed by atoms with Crippen molar-refractivity contribution in [3.05, 3.63) is 12.4 Å². The number of aliphatic hydroxyl groups is 1. The number of nitrogens with one attached hydrogen (secondary N) is 1. The number of carbonyl (C=O) groups is 1. The Hall–Kier alpha value is -1.56. The van der Waals surface area contributed by atoms with Crippen molar-refractivity contribution in [2.24, 2.45) is 5.92 Å². The summed E-state index contributed by atoms with van der Waals surface area (Å²) in [6.07, 6.45) is 5.80. The molecule has 2 amide bonds. The third-order valence-electron chi connectivity index (χ3n) is 3.04. The summed E-state index contributed by atoms with van der Waals surface area (Å²) in [7, 11) is 0. The normalized spacial score (nSPS) is 14.6. The van der Waals surface area contributed by atoms with Crippen LogP contribution in [0.3, 0.4) is 0 Å². The lowest BCUT2D eigenvalue weighted by atomic mass is 10.4. The lowest BCUT2D eigenvalue weighted by Gasteiger charge is -2.21. The summed E-state index contributed by atoms with van der Waals surface area (Å²) in [4.78, 5) is 13.7. The fourth-order valence-corrected chi connectivity index (χ4v) is 1.81. The smallest absolute Gasteiger partial charge is 0.322 e. The molecule has 0 atom stereocenters. The van der Waals surface area contributed by atoms with Crippen molar-refractivity contribution in [1.82, 2.24) is 14.7 Å². The van der Waals surface area contributed by atoms with E-state index in [1.807, 2.05) is 6.92 Å². The Morgan fingerprint density at radius 1 is 1.67 bits per heavy atom. The van der Waals surface area contributed by atoms with Crippen molar-refractivity contribution in [2.75, 3.05) is 25.0 Å². The number of aliphatic hydroxyl groups excluding tert-OH is 1. The molecule has 18 heavy (non-hydrogen) atoms. The van der Waals surface area contributed by atoms with Crippen LogP contribution in [-0.2, 0) is 6.54 Å². The molecule has 1 aliphatic carbocycles. The highest BCUT2D eigenvalue weighted by molar-refractivity contribution is 5.89. The zero-order valence-corrected chi connectivity index (χ0v) is 10.7. The van der Waals surface area contributed by atoms with Gasteiger partial charge in [0.2, 0.25) is 0 Å². The second kappa shape index (κ2) is 5.86. The Labute approximate surface area is 107 Å². The van der Waals surface area contributed by atoms with Crippen LogP contribution in [0.25, 0.3) is 0 Å². The molecule has 0 aliphatic heterocycles. The second-order valence-electron chi connectivity index (χ2n) is 4.63. The molecule has 0 radical (unpaired) electrons. The third kappa shape index (κ3) is 3.46. The topological polar surface area (TPSA) is 70.4 Å². The molecule has 2 rings (SSSR count). The third-order valence-corrected chi connectivity index (χ3v) is 3.04. The fourth-order valence-electron chi connectivity index (χ4n) is 1.81. The monoisotopic (exact) mass is 252 g/mol. The molecule has 100 valence electrons. The van der Waals surface area contributed by atoms with Crippen LogP contribution in [0, 0.1) is 5.92 Å². The first-order chi connectivity index (χ1) is 8.72. The van der Waals surface area contributed by atoms with E-state index < -0.39 is 0 Å². The molecular formula is C12H20N4O2. The first kappa shape index (κ1) is 12.9. The molecule has 1 heterocycles. The molecule has 6 heteroatoms. The van der Waals surface area contributed by atoms with E-state index >= 15 is 0 Å². The number of amides is 2. The number of rotatable bonds is 6. The van der Waals surface area contributed by atoms with Gasteiger partial charge in [0.05, 0.1) is 18.5 Å². The molecular weight excluding hydrogens is 232 g/mol. The van der Waals surface area contributed by atoms with Gasteiger partial charge in [-0.15, -0.1) is 0 Å². The van der Waals surface area contributed by atoms with Crippen LogP contribution < -0.4 is 5.32 Å². The molecule has 0 bridgehead atoms. The molecule has 0 spiro atoms. The number of aryl methyl sites for hydroxylation is 1. The number of nitrogens with zero attached hydrogens (tertiary/aromatic N) is 3. The zero-order chi connectivity index (χ0) is 13.0. The summed E-state index contributed by atoms with van der Waals surface area (Å²) >= 11 is 0. The van der Waals surface area contributed by atoms with E-state index in [0.29, 0.717) is 18.2 Å². The first-order valence-corrected chi connectivity index (χ1v) is 6.42. The van der Waals surface area contributed by atoms with Crippen molar-refractivity contribution >= 4 is 11.7 Å². The Kier molecular flexibility index (Phi) is 4.19. The molecule has 1 saturated carbocycles. The van der Waals surface area contributed by atoms with Crippen LogP contribution in [0.1, 0.15) is 19.8 Å². The first-order valence-electron chi connectivity index (χ1n) is 6.42. The van der Waals surface area contributed by atoms with Gasteiger partial charge in [0, 0.05) is 25.8 Å². The predicted octanol–water partition coefficient (Wildman–Crippen LogP) is 1.14. The van der Waals surface area contributed by atoms with E-state index in [1.165, 1.54) is 12.8 Å². The summed E-state index contributed by atoms with van der Waals surface area (Å²) in [5, 5.41) is 15.9. The highest BCUT2D eigenvalue weighted by Gasteiger charge is 2.26. The van der Waals surface area contributed by atoms with Crippen LogP contribution in [0.15, 0.2) is 12.4 Å². The summed E-state index contributed by atoms with van der Waals surface area (Å²) < 4.78 is 1.76. The minimum atomic E-state index is -0.161. The van der Waals surface area contributed by atoms with E-state index in [9.17, 15) is 4.79 Å². The summed E-state index contributed by atoms with van der Waals surface area (Å²) in [5.74, 6) is 0.612. The van der Waals surface area contributed by atoms with Gasteiger partial charge in [-0.2, -0.15) is 5.10 Å². The van der Waals surface area contributed by atoms with Gasteiger partial charge in [-0.05, 0) is 25.7 Å². The minimum Gasteiger partial charge on any atom is -0.395 e. The molecule has 2 N–H and O–H groups in total. The number of hydrogen-bond acceptors (Lipinski definition) is 3. The molecule has 1 aliphatic rings. The van der Waals surface area contributed by atoms with Crippen LogP contribution in [0.2, 0.25) is 0 Å². The number of anilines is 1. The van der Waals surface area contributed by atoms with Gasteiger partial charge in [-0.25, -0.2) is 4.79 Å². The number of urea groups is 1. The SMILES string of the molecule is CCn1cc(NC(=O)N(CCO)CC2CC2)cn1. The van der Waals surface area contributed by atoms with E-state index in [0.717, 1.165) is 13.1 Å². The lowest BCUT2D eigenvalue weighted by Crippen LogP contribution is -2.38. The number of carbonyl (C=O) groups excluding carboxylic acids is 1. The zero-order valence-electron chi connectivity index (χ0n) is 10.7. The fraction of sp³-hybridized carbons (Fsp3) is 0.667. The van der Waals surface area contributed by atoms with Crippen LogP contribution in [0.5, 0.6) is 0 Å². The predicted molar refractivity (Wildman–Crippen MR) is 68.3 cm³/mol. The Morgan fingerprint density at radius 2 is 2.44 bits per heavy atom. The van der Waals surface area contributed by atoms with Gasteiger partial charge in [0.25, 0.3) is 0 Å². The highest BCUT2D eigenvalue weighted by atomic mass is 16.3. The van der Waals surface area contributed by atoms with Crippen molar-refractivity contribution < 1.29 is 9.90 Å². The van der Waals surface area contributed by atoms with Gasteiger partial charge < -0.3 is 15.3 Å². The van der Waals surface area contributed by atoms with Gasteiger partial charge in [-0.1, -0.05) is 0 Å². The largest absolute Gasteiger partial charge is 0.395 e. The highest BCUT2D eigenvalue weighted by Crippen LogP contribution is 2.29. The average molecular weight is 252 g/mol. The van der Waals surface area contributed by atoms with Crippen molar-refractivity contribution in [1.29, 1.82) is 0 Å². The van der Waals surface area contributed by atoms with Gasteiger partial charge in [0.1, 0.15) is 0 Å². The maximum Gasteiger partial charge on any atom is 0.322 e. The Bertz CT molecular complexity index is 401. The maximum absolute atomic E-state index is 12.0. The van der Waals surface area contributed by atoms with Crippen molar-refractivity contribution in [2.45, 2.75) is 26.3 Å². The number of hydrogen-bond donors (Lipinski definition) is 2. The Balaban J connectivity index is 1.90. The molecule has 6 nitrogen and oxygen atoms in total. The summed E-state index contributed by atoms with van der Waals surface area (Å²) in [6.45, 7) is 3.87. The second-order valence-corrected chi connectivity index (χ2v) is 4.63. The molecule has 1 aromatic rings. The molecule has 1 aromatic heterocycles. The van der Waals surface area contributed by atoms with E-state index in [2.05, 4.69) is 10.4 Å². The lowest BCUT2D eigenvalue weighted by molar-refractivity contribution is 0.185. The van der Waals surface area contributed by atoms with Crippen molar-refractivity contribution in [3.8, 4) is 0 Å². The maximum atomic E-state index is 12.0. The Morgan fingerprint density at radius 3 is 3.00 bits per heavy atom. The van der Waals surface area contributed by atoms with E-state index in [-0.39, 0.29) is 12.6 Å². The average Bonchev–Trinajstić information content (AvgIpc) is 3.06. The van der Waals surface area contributed by atoms with Crippen LogP contribution >= 0.6 is 0 Å². The van der Waals surface area contributed by atoms with Gasteiger partial charge >= 0.3 is 6.03 Å². The molecule has 0 aromatic carbocycles. The van der Waals surface area contributed by atoms with Crippen LogP contribution in [0.4, 0.5) is 10.5 Å². The molecule has 0 unspecified atom stereocenters. The van der Waals surface area contributed by atoms with Crippen molar-refractivity contribution in [3.63, 3.8) is 0 Å². The minimum absolute atomic E-state index is 0.00559. The quantitative estimate of drug-likeness (QED) is 0.797. The van der Waals surface area contributed by atoms with Gasteiger partial charge in [0.15, 0.2) is 0 Å². The standard InChI is InChI=1S/C12H20N4O2/c1-2-16-9-11(7-13-16)14-12(18)15(5-6-17)8-10-3-4-10/h7,9-10,17H,2-6,8H2,1H3,(H,14,18). The molecule has 1 fully saturated rings. The summed E-state index contributed by atoms with van der Waals surface area (Å²) in [6, 6.07) is -0.161. The number of aromatic nitrogens is 2. The van der Waals surface area contributed by atoms with E-state index in [1.54, 1.807) is 22.0 Å². The summed E-state index contributed by atoms with van der Waals surface area (Å²) in [5.41, 5.74) is 0.695. The van der Waals surface area contributed by atoms with Gasteiger partial charge in [-0.3, -0.25) is 4.68 Å². The van der Waals surface area contributed by atoms with E-state index in [4.69, 9.17) is 5.11 Å².